The van der Waals surface area contributed by atoms with Gasteiger partial charge >= 0.3 is 6.18 Å². The zero-order valence-corrected chi connectivity index (χ0v) is 11.6. The van der Waals surface area contributed by atoms with Gasteiger partial charge in [-0.25, -0.2) is 0 Å². The van der Waals surface area contributed by atoms with Crippen LogP contribution < -0.4 is 10.6 Å². The maximum absolute atomic E-state index is 12.9. The lowest BCUT2D eigenvalue weighted by Gasteiger charge is -2.38. The Labute approximate surface area is 116 Å². The van der Waals surface area contributed by atoms with Crippen molar-refractivity contribution in [1.82, 2.24) is 0 Å². The monoisotopic (exact) mass is 288 g/mol. The van der Waals surface area contributed by atoms with Crippen LogP contribution in [0.4, 0.5) is 18.9 Å². The number of anilines is 1. The molecule has 1 aliphatic heterocycles. The third-order valence-electron chi connectivity index (χ3n) is 3.55. The summed E-state index contributed by atoms with van der Waals surface area (Å²) in [6, 6.07) is 4.30. The molecule has 20 heavy (non-hydrogen) atoms. The summed E-state index contributed by atoms with van der Waals surface area (Å²) in [5.41, 5.74) is 5.70. The van der Waals surface area contributed by atoms with Crippen LogP contribution in [0.5, 0.6) is 0 Å². The number of hydrogen-bond acceptors (Lipinski definition) is 3. The molecule has 2 rings (SSSR count). The van der Waals surface area contributed by atoms with Gasteiger partial charge in [0.25, 0.3) is 0 Å². The summed E-state index contributed by atoms with van der Waals surface area (Å²) >= 11 is 0. The van der Waals surface area contributed by atoms with E-state index in [0.717, 1.165) is 11.8 Å². The van der Waals surface area contributed by atoms with E-state index in [4.69, 9.17) is 10.5 Å². The number of nitrogens with two attached hydrogens (primary N) is 1. The average Bonchev–Trinajstić information content (AvgIpc) is 2.39. The highest BCUT2D eigenvalue weighted by Crippen LogP contribution is 2.34. The zero-order valence-electron chi connectivity index (χ0n) is 11.6. The maximum atomic E-state index is 12.9. The number of benzene rings is 1. The first-order chi connectivity index (χ1) is 9.32. The fraction of sp³-hybridized carbons (Fsp3) is 0.571. The Bertz CT molecular complexity index is 476. The highest BCUT2D eigenvalue weighted by Gasteiger charge is 2.33. The van der Waals surface area contributed by atoms with Crippen LogP contribution in [0.3, 0.4) is 0 Å². The summed E-state index contributed by atoms with van der Waals surface area (Å²) in [7, 11) is 0. The van der Waals surface area contributed by atoms with Crippen molar-refractivity contribution in [1.29, 1.82) is 0 Å². The van der Waals surface area contributed by atoms with Crippen LogP contribution in [0.15, 0.2) is 18.2 Å². The molecule has 0 saturated carbocycles. The molecule has 2 atom stereocenters. The molecule has 2 unspecified atom stereocenters. The van der Waals surface area contributed by atoms with Crippen LogP contribution in [-0.4, -0.2) is 25.3 Å². The van der Waals surface area contributed by atoms with E-state index in [-0.39, 0.29) is 24.3 Å². The minimum Gasteiger partial charge on any atom is -0.375 e. The molecule has 2 N–H and O–H groups in total. The average molecular weight is 288 g/mol. The second-order valence-electron chi connectivity index (χ2n) is 5.19. The minimum atomic E-state index is -4.36. The summed E-state index contributed by atoms with van der Waals surface area (Å²) in [4.78, 5) is 2.06. The van der Waals surface area contributed by atoms with E-state index in [1.54, 1.807) is 0 Å². The highest BCUT2D eigenvalue weighted by atomic mass is 19.4. The molecule has 6 heteroatoms. The third-order valence-corrected chi connectivity index (χ3v) is 3.55. The Balaban J connectivity index is 2.34. The van der Waals surface area contributed by atoms with Crippen LogP contribution in [0, 0.1) is 0 Å². The first-order valence-corrected chi connectivity index (χ1v) is 6.61. The summed E-state index contributed by atoms with van der Waals surface area (Å²) in [6.45, 7) is 5.05. The number of ether oxygens (including phenoxy) is 1. The summed E-state index contributed by atoms with van der Waals surface area (Å²) in [5, 5.41) is 0. The molecule has 0 aliphatic carbocycles. The molecule has 3 nitrogen and oxygen atoms in total. The predicted octanol–water partition coefficient (Wildman–Crippen LogP) is 2.78. The van der Waals surface area contributed by atoms with E-state index in [2.05, 4.69) is 4.90 Å². The molecule has 1 saturated heterocycles. The maximum Gasteiger partial charge on any atom is 0.416 e. The smallest absolute Gasteiger partial charge is 0.375 e. The molecule has 1 aliphatic rings. The minimum absolute atomic E-state index is 0.0646. The van der Waals surface area contributed by atoms with Gasteiger partial charge in [-0.05, 0) is 37.6 Å². The first-order valence-electron chi connectivity index (χ1n) is 6.61. The van der Waals surface area contributed by atoms with E-state index < -0.39 is 11.7 Å². The van der Waals surface area contributed by atoms with Gasteiger partial charge in [-0.1, -0.05) is 0 Å². The quantitative estimate of drug-likeness (QED) is 0.909. The third kappa shape index (κ3) is 3.07. The van der Waals surface area contributed by atoms with Gasteiger partial charge in [0.05, 0.1) is 18.3 Å². The normalized spacial score (nSPS) is 24.0. The molecule has 112 valence electrons. The number of morpholine rings is 1. The molecule has 1 aromatic rings. The molecule has 0 aromatic heterocycles. The largest absolute Gasteiger partial charge is 0.416 e. The molecule has 0 radical (unpaired) electrons. The van der Waals surface area contributed by atoms with E-state index in [1.807, 2.05) is 13.8 Å². The summed E-state index contributed by atoms with van der Waals surface area (Å²) in [5.74, 6) is 0. The van der Waals surface area contributed by atoms with E-state index >= 15 is 0 Å². The summed E-state index contributed by atoms with van der Waals surface area (Å²) < 4.78 is 44.1. The molecule has 0 amide bonds. The van der Waals surface area contributed by atoms with Crippen molar-refractivity contribution in [2.24, 2.45) is 5.73 Å². The number of alkyl halides is 3. The lowest BCUT2D eigenvalue weighted by molar-refractivity contribution is -0.138. The standard InChI is InChI=1S/C14H19F3N2O/c1-9-8-20-10(2)7-19(9)12-3-4-13(14(15,16)17)11(5-12)6-18/h3-5,9-10H,6-8,18H2,1-2H3. The van der Waals surface area contributed by atoms with Crippen LogP contribution >= 0.6 is 0 Å². The Hall–Kier alpha value is -1.27. The predicted molar refractivity (Wildman–Crippen MR) is 71.6 cm³/mol. The van der Waals surface area contributed by atoms with E-state index in [1.165, 1.54) is 12.1 Å². The number of rotatable bonds is 2. The molecule has 0 bridgehead atoms. The van der Waals surface area contributed by atoms with Crippen LogP contribution in [0.1, 0.15) is 25.0 Å². The Morgan fingerprint density at radius 3 is 2.65 bits per heavy atom. The van der Waals surface area contributed by atoms with Crippen molar-refractivity contribution < 1.29 is 17.9 Å². The van der Waals surface area contributed by atoms with Crippen molar-refractivity contribution in [2.45, 2.75) is 38.7 Å². The van der Waals surface area contributed by atoms with E-state index in [9.17, 15) is 13.2 Å². The van der Waals surface area contributed by atoms with Crippen molar-refractivity contribution in [3.05, 3.63) is 29.3 Å². The lowest BCUT2D eigenvalue weighted by atomic mass is 10.0. The van der Waals surface area contributed by atoms with E-state index in [0.29, 0.717) is 13.2 Å². The van der Waals surface area contributed by atoms with Crippen molar-refractivity contribution >= 4 is 5.69 Å². The second-order valence-corrected chi connectivity index (χ2v) is 5.19. The van der Waals surface area contributed by atoms with Crippen molar-refractivity contribution in [3.63, 3.8) is 0 Å². The number of halogens is 3. The van der Waals surface area contributed by atoms with Crippen LogP contribution in [-0.2, 0) is 17.5 Å². The van der Waals surface area contributed by atoms with Gasteiger partial charge in [0.1, 0.15) is 0 Å². The van der Waals surface area contributed by atoms with Crippen molar-refractivity contribution in [3.8, 4) is 0 Å². The lowest BCUT2D eigenvalue weighted by Crippen LogP contribution is -2.47. The second kappa shape index (κ2) is 5.61. The number of nitrogens with zero attached hydrogens (tertiary/aromatic N) is 1. The molecule has 1 fully saturated rings. The topological polar surface area (TPSA) is 38.5 Å². The molecule has 0 spiro atoms. The number of hydrogen-bond donors (Lipinski definition) is 1. The fourth-order valence-corrected chi connectivity index (χ4v) is 2.47. The van der Waals surface area contributed by atoms with Gasteiger partial charge in [-0.3, -0.25) is 0 Å². The van der Waals surface area contributed by atoms with Gasteiger partial charge in [-0.2, -0.15) is 13.2 Å². The van der Waals surface area contributed by atoms with Gasteiger partial charge in [0.2, 0.25) is 0 Å². The molecule has 1 aromatic carbocycles. The molecule has 1 heterocycles. The van der Waals surface area contributed by atoms with Gasteiger partial charge < -0.3 is 15.4 Å². The zero-order chi connectivity index (χ0) is 14.9. The van der Waals surface area contributed by atoms with Crippen LogP contribution in [0.25, 0.3) is 0 Å². The molecular formula is C14H19F3N2O. The fourth-order valence-electron chi connectivity index (χ4n) is 2.47. The van der Waals surface area contributed by atoms with Gasteiger partial charge in [0.15, 0.2) is 0 Å². The highest BCUT2D eigenvalue weighted by molar-refractivity contribution is 5.53. The van der Waals surface area contributed by atoms with Gasteiger partial charge in [-0.15, -0.1) is 0 Å². The first kappa shape index (κ1) is 15.1. The van der Waals surface area contributed by atoms with Gasteiger partial charge in [0, 0.05) is 24.8 Å². The van der Waals surface area contributed by atoms with Crippen molar-refractivity contribution in [2.75, 3.05) is 18.1 Å². The Morgan fingerprint density at radius 1 is 1.35 bits per heavy atom. The summed E-state index contributed by atoms with van der Waals surface area (Å²) in [6.07, 6.45) is -4.30. The SMILES string of the molecule is CC1CN(c2ccc(C(F)(F)F)c(CN)c2)C(C)CO1. The molecular weight excluding hydrogens is 269 g/mol. The Morgan fingerprint density at radius 2 is 2.05 bits per heavy atom. The van der Waals surface area contributed by atoms with Crippen LogP contribution in [0.2, 0.25) is 0 Å². The Kier molecular flexibility index (Phi) is 4.25.